The van der Waals surface area contributed by atoms with Crippen LogP contribution in [0.2, 0.25) is 0 Å². The largest absolute Gasteiger partial charge is 0.573 e. The van der Waals surface area contributed by atoms with E-state index >= 15 is 0 Å². The molecule has 3 nitrogen and oxygen atoms in total. The fourth-order valence-electron chi connectivity index (χ4n) is 1.31. The van der Waals surface area contributed by atoms with Gasteiger partial charge in [0.2, 0.25) is 0 Å². The van der Waals surface area contributed by atoms with Gasteiger partial charge >= 0.3 is 6.36 Å². The number of halogens is 5. The quantitative estimate of drug-likeness (QED) is 0.788. The van der Waals surface area contributed by atoms with Crippen molar-refractivity contribution in [1.82, 2.24) is 5.32 Å². The first kappa shape index (κ1) is 15.6. The van der Waals surface area contributed by atoms with Crippen molar-refractivity contribution >= 4 is 0 Å². The molecule has 0 bridgehead atoms. The Labute approximate surface area is 106 Å². The van der Waals surface area contributed by atoms with Crippen molar-refractivity contribution in [3.63, 3.8) is 0 Å². The van der Waals surface area contributed by atoms with E-state index in [4.69, 9.17) is 5.11 Å². The minimum Gasteiger partial charge on any atom is -0.406 e. The SMILES string of the molecule is OC(CNCc1cccc(OC(F)(F)F)c1)C(F)F. The zero-order chi connectivity index (χ0) is 14.5. The zero-order valence-electron chi connectivity index (χ0n) is 9.62. The highest BCUT2D eigenvalue weighted by molar-refractivity contribution is 5.28. The summed E-state index contributed by atoms with van der Waals surface area (Å²) in [7, 11) is 0. The number of benzene rings is 1. The van der Waals surface area contributed by atoms with E-state index in [-0.39, 0.29) is 18.8 Å². The molecule has 0 aliphatic heterocycles. The first-order valence-corrected chi connectivity index (χ1v) is 5.29. The molecule has 0 saturated carbocycles. The third kappa shape index (κ3) is 6.35. The summed E-state index contributed by atoms with van der Waals surface area (Å²) >= 11 is 0. The van der Waals surface area contributed by atoms with Crippen molar-refractivity contribution < 1.29 is 31.8 Å². The number of ether oxygens (including phenoxy) is 1. The molecule has 1 unspecified atom stereocenters. The molecule has 1 aromatic rings. The van der Waals surface area contributed by atoms with Gasteiger partial charge in [-0.05, 0) is 17.7 Å². The average molecular weight is 285 g/mol. The van der Waals surface area contributed by atoms with Crippen LogP contribution in [-0.4, -0.2) is 30.5 Å². The normalized spacial score (nSPS) is 13.6. The summed E-state index contributed by atoms with van der Waals surface area (Å²) in [6.45, 7) is -0.319. The van der Waals surface area contributed by atoms with E-state index in [1.165, 1.54) is 12.1 Å². The molecule has 0 spiro atoms. The highest BCUT2D eigenvalue weighted by Crippen LogP contribution is 2.23. The monoisotopic (exact) mass is 285 g/mol. The number of hydrogen-bond acceptors (Lipinski definition) is 3. The Hall–Kier alpha value is -1.41. The molecule has 108 valence electrons. The third-order valence-electron chi connectivity index (χ3n) is 2.11. The average Bonchev–Trinajstić information content (AvgIpc) is 2.26. The van der Waals surface area contributed by atoms with E-state index in [2.05, 4.69) is 10.1 Å². The van der Waals surface area contributed by atoms with E-state index in [0.717, 1.165) is 12.1 Å². The maximum absolute atomic E-state index is 12.0. The van der Waals surface area contributed by atoms with Gasteiger partial charge in [-0.15, -0.1) is 13.2 Å². The summed E-state index contributed by atoms with van der Waals surface area (Å²) in [5.41, 5.74) is 0.420. The highest BCUT2D eigenvalue weighted by atomic mass is 19.4. The van der Waals surface area contributed by atoms with Crippen molar-refractivity contribution in [2.75, 3.05) is 6.54 Å². The Bertz CT molecular complexity index is 397. The second kappa shape index (κ2) is 6.67. The molecule has 0 radical (unpaired) electrons. The Balaban J connectivity index is 2.49. The molecular weight excluding hydrogens is 273 g/mol. The van der Waals surface area contributed by atoms with Crippen LogP contribution in [0.4, 0.5) is 22.0 Å². The van der Waals surface area contributed by atoms with Gasteiger partial charge in [-0.2, -0.15) is 0 Å². The summed E-state index contributed by atoms with van der Waals surface area (Å²) in [5, 5.41) is 11.3. The molecule has 0 aliphatic carbocycles. The lowest BCUT2D eigenvalue weighted by Gasteiger charge is -2.12. The molecule has 0 aliphatic rings. The second-order valence-corrected chi connectivity index (χ2v) is 3.73. The maximum atomic E-state index is 12.0. The predicted octanol–water partition coefficient (Wildman–Crippen LogP) is 2.30. The van der Waals surface area contributed by atoms with E-state index < -0.39 is 18.9 Å². The number of rotatable bonds is 6. The molecular formula is C11H12F5NO2. The van der Waals surface area contributed by atoms with Gasteiger partial charge in [-0.25, -0.2) is 8.78 Å². The summed E-state index contributed by atoms with van der Waals surface area (Å²) in [6.07, 6.45) is -9.46. The predicted molar refractivity (Wildman–Crippen MR) is 56.8 cm³/mol. The van der Waals surface area contributed by atoms with Crippen molar-refractivity contribution in [2.24, 2.45) is 0 Å². The molecule has 1 rings (SSSR count). The van der Waals surface area contributed by atoms with Gasteiger partial charge in [0.05, 0.1) is 0 Å². The topological polar surface area (TPSA) is 41.5 Å². The molecule has 0 fully saturated rings. The van der Waals surface area contributed by atoms with Crippen molar-refractivity contribution in [1.29, 1.82) is 0 Å². The van der Waals surface area contributed by atoms with Crippen LogP contribution in [0, 0.1) is 0 Å². The van der Waals surface area contributed by atoms with Crippen LogP contribution < -0.4 is 10.1 Å². The van der Waals surface area contributed by atoms with Crippen LogP contribution in [0.1, 0.15) is 5.56 Å². The Kier molecular flexibility index (Phi) is 5.49. The number of nitrogens with one attached hydrogen (secondary N) is 1. The van der Waals surface area contributed by atoms with Gasteiger partial charge in [0.25, 0.3) is 6.43 Å². The van der Waals surface area contributed by atoms with Crippen LogP contribution in [0.5, 0.6) is 5.75 Å². The molecule has 2 N–H and O–H groups in total. The number of aliphatic hydroxyl groups is 1. The Morgan fingerprint density at radius 3 is 2.53 bits per heavy atom. The molecule has 1 aromatic carbocycles. The van der Waals surface area contributed by atoms with Gasteiger partial charge in [-0.1, -0.05) is 12.1 Å². The Morgan fingerprint density at radius 1 is 1.26 bits per heavy atom. The zero-order valence-corrected chi connectivity index (χ0v) is 9.62. The van der Waals surface area contributed by atoms with Gasteiger partial charge < -0.3 is 15.2 Å². The molecule has 0 aromatic heterocycles. The van der Waals surface area contributed by atoms with Gasteiger partial charge in [0.15, 0.2) is 0 Å². The maximum Gasteiger partial charge on any atom is 0.573 e. The molecule has 1 atom stereocenters. The summed E-state index contributed by atoms with van der Waals surface area (Å²) < 4.78 is 63.5. The second-order valence-electron chi connectivity index (χ2n) is 3.73. The number of hydrogen-bond donors (Lipinski definition) is 2. The summed E-state index contributed by atoms with van der Waals surface area (Å²) in [6, 6.07) is 5.12. The summed E-state index contributed by atoms with van der Waals surface area (Å²) in [5.74, 6) is -0.388. The van der Waals surface area contributed by atoms with Crippen molar-refractivity contribution in [3.05, 3.63) is 29.8 Å². The molecule has 19 heavy (non-hydrogen) atoms. The molecule has 0 amide bonds. The molecule has 8 heteroatoms. The lowest BCUT2D eigenvalue weighted by molar-refractivity contribution is -0.274. The fourth-order valence-corrected chi connectivity index (χ4v) is 1.31. The van der Waals surface area contributed by atoms with E-state index in [1.807, 2.05) is 0 Å². The van der Waals surface area contributed by atoms with Crippen LogP contribution >= 0.6 is 0 Å². The van der Waals surface area contributed by atoms with Crippen LogP contribution in [0.25, 0.3) is 0 Å². The number of aliphatic hydroxyl groups excluding tert-OH is 1. The standard InChI is InChI=1S/C11H12F5NO2/c12-10(13)9(18)6-17-5-7-2-1-3-8(4-7)19-11(14,15)16/h1-4,9-10,17-18H,5-6H2. The van der Waals surface area contributed by atoms with Gasteiger partial charge in [-0.3, -0.25) is 0 Å². The first-order valence-electron chi connectivity index (χ1n) is 5.29. The fraction of sp³-hybridized carbons (Fsp3) is 0.455. The number of alkyl halides is 5. The van der Waals surface area contributed by atoms with E-state index in [9.17, 15) is 22.0 Å². The molecule has 0 heterocycles. The van der Waals surface area contributed by atoms with Crippen molar-refractivity contribution in [2.45, 2.75) is 25.4 Å². The highest BCUT2D eigenvalue weighted by Gasteiger charge is 2.31. The molecule has 0 saturated heterocycles. The van der Waals surface area contributed by atoms with Gasteiger partial charge in [0, 0.05) is 13.1 Å². The van der Waals surface area contributed by atoms with E-state index in [1.54, 1.807) is 0 Å². The van der Waals surface area contributed by atoms with Crippen molar-refractivity contribution in [3.8, 4) is 5.75 Å². The van der Waals surface area contributed by atoms with Gasteiger partial charge in [0.1, 0.15) is 11.9 Å². The first-order chi connectivity index (χ1) is 8.78. The summed E-state index contributed by atoms with van der Waals surface area (Å²) in [4.78, 5) is 0. The van der Waals surface area contributed by atoms with Crippen LogP contribution in [0.3, 0.4) is 0 Å². The lowest BCUT2D eigenvalue weighted by Crippen LogP contribution is -2.31. The smallest absolute Gasteiger partial charge is 0.406 e. The third-order valence-corrected chi connectivity index (χ3v) is 2.11. The van der Waals surface area contributed by atoms with Crippen LogP contribution in [0.15, 0.2) is 24.3 Å². The lowest BCUT2D eigenvalue weighted by atomic mass is 10.2. The van der Waals surface area contributed by atoms with E-state index in [0.29, 0.717) is 5.56 Å². The Morgan fingerprint density at radius 2 is 1.95 bits per heavy atom. The minimum atomic E-state index is -4.78. The minimum absolute atomic E-state index is 0.0405. The van der Waals surface area contributed by atoms with Crippen LogP contribution in [-0.2, 0) is 6.54 Å².